The SMILES string of the molecule is CN1CCN(CC2CCCC(C)(C)C2N)CC1(C)C. The maximum atomic E-state index is 6.53. The van der Waals surface area contributed by atoms with Gasteiger partial charge in [0.1, 0.15) is 0 Å². The summed E-state index contributed by atoms with van der Waals surface area (Å²) in [6, 6.07) is 0.365. The summed E-state index contributed by atoms with van der Waals surface area (Å²) in [7, 11) is 2.24. The first-order chi connectivity index (χ1) is 8.72. The zero-order valence-corrected chi connectivity index (χ0v) is 13.6. The van der Waals surface area contributed by atoms with E-state index < -0.39 is 0 Å². The number of nitrogens with two attached hydrogens (primary N) is 1. The topological polar surface area (TPSA) is 32.5 Å². The van der Waals surface area contributed by atoms with E-state index in [4.69, 9.17) is 5.73 Å². The van der Waals surface area contributed by atoms with Crippen LogP contribution in [0, 0.1) is 11.3 Å². The van der Waals surface area contributed by atoms with Gasteiger partial charge < -0.3 is 5.73 Å². The van der Waals surface area contributed by atoms with Gasteiger partial charge in [-0.1, -0.05) is 20.3 Å². The largest absolute Gasteiger partial charge is 0.327 e. The van der Waals surface area contributed by atoms with Gasteiger partial charge in [0, 0.05) is 37.8 Å². The average Bonchev–Trinajstić information content (AvgIpc) is 2.29. The number of likely N-dealkylation sites (N-methyl/N-ethyl adjacent to an activating group) is 1. The summed E-state index contributed by atoms with van der Waals surface area (Å²) in [4.78, 5) is 5.13. The van der Waals surface area contributed by atoms with Gasteiger partial charge in [-0.25, -0.2) is 0 Å². The molecule has 1 aliphatic carbocycles. The molecule has 112 valence electrons. The van der Waals surface area contributed by atoms with Crippen molar-refractivity contribution in [2.45, 2.75) is 58.5 Å². The number of hydrogen-bond donors (Lipinski definition) is 1. The van der Waals surface area contributed by atoms with Gasteiger partial charge in [0.2, 0.25) is 0 Å². The van der Waals surface area contributed by atoms with Crippen LogP contribution in [-0.4, -0.2) is 54.6 Å². The van der Waals surface area contributed by atoms with Crippen LogP contribution in [0.4, 0.5) is 0 Å². The second kappa shape index (κ2) is 5.34. The Morgan fingerprint density at radius 1 is 1.16 bits per heavy atom. The maximum absolute atomic E-state index is 6.53. The highest BCUT2D eigenvalue weighted by atomic mass is 15.3. The Morgan fingerprint density at radius 3 is 2.47 bits per heavy atom. The summed E-state index contributed by atoms with van der Waals surface area (Å²) in [6.07, 6.45) is 3.96. The minimum Gasteiger partial charge on any atom is -0.327 e. The Morgan fingerprint density at radius 2 is 1.84 bits per heavy atom. The van der Waals surface area contributed by atoms with Crippen LogP contribution < -0.4 is 5.73 Å². The molecular weight excluding hydrogens is 234 g/mol. The van der Waals surface area contributed by atoms with Crippen molar-refractivity contribution >= 4 is 0 Å². The number of nitrogens with zero attached hydrogens (tertiary/aromatic N) is 2. The second-order valence-corrected chi connectivity index (χ2v) is 8.14. The van der Waals surface area contributed by atoms with Crippen LogP contribution in [0.25, 0.3) is 0 Å². The van der Waals surface area contributed by atoms with E-state index in [9.17, 15) is 0 Å². The van der Waals surface area contributed by atoms with Crippen molar-refractivity contribution in [1.82, 2.24) is 9.80 Å². The van der Waals surface area contributed by atoms with E-state index in [0.717, 1.165) is 0 Å². The van der Waals surface area contributed by atoms with Crippen LogP contribution in [0.3, 0.4) is 0 Å². The van der Waals surface area contributed by atoms with Crippen LogP contribution in [0.5, 0.6) is 0 Å². The first-order valence-electron chi connectivity index (χ1n) is 7.91. The molecule has 0 amide bonds. The van der Waals surface area contributed by atoms with Gasteiger partial charge in [-0.05, 0) is 45.1 Å². The third kappa shape index (κ3) is 3.32. The highest BCUT2D eigenvalue weighted by Gasteiger charge is 2.38. The van der Waals surface area contributed by atoms with Crippen LogP contribution in [-0.2, 0) is 0 Å². The van der Waals surface area contributed by atoms with Crippen molar-refractivity contribution in [3.8, 4) is 0 Å². The van der Waals surface area contributed by atoms with Gasteiger partial charge in [0.05, 0.1) is 0 Å². The van der Waals surface area contributed by atoms with Crippen molar-refractivity contribution in [2.24, 2.45) is 17.1 Å². The molecule has 2 aliphatic rings. The summed E-state index contributed by atoms with van der Waals surface area (Å²) in [5.41, 5.74) is 7.15. The molecule has 3 heteroatoms. The van der Waals surface area contributed by atoms with E-state index in [1.807, 2.05) is 0 Å². The quantitative estimate of drug-likeness (QED) is 0.832. The van der Waals surface area contributed by atoms with E-state index in [1.165, 1.54) is 45.4 Å². The molecular formula is C16H33N3. The van der Waals surface area contributed by atoms with Crippen LogP contribution in [0.1, 0.15) is 47.0 Å². The normalized spacial score (nSPS) is 36.3. The van der Waals surface area contributed by atoms with Gasteiger partial charge in [-0.3, -0.25) is 9.80 Å². The van der Waals surface area contributed by atoms with E-state index in [-0.39, 0.29) is 0 Å². The number of piperazine rings is 1. The fourth-order valence-electron chi connectivity index (χ4n) is 3.84. The molecule has 2 fully saturated rings. The third-order valence-corrected chi connectivity index (χ3v) is 5.69. The Labute approximate surface area is 119 Å². The molecule has 2 rings (SSSR count). The Kier molecular flexibility index (Phi) is 4.29. The lowest BCUT2D eigenvalue weighted by molar-refractivity contribution is 0.0170. The molecule has 1 saturated heterocycles. The zero-order valence-electron chi connectivity index (χ0n) is 13.6. The predicted molar refractivity (Wildman–Crippen MR) is 82.2 cm³/mol. The highest BCUT2D eigenvalue weighted by Crippen LogP contribution is 2.38. The third-order valence-electron chi connectivity index (χ3n) is 5.69. The molecule has 1 heterocycles. The summed E-state index contributed by atoms with van der Waals surface area (Å²) in [5, 5.41) is 0. The average molecular weight is 267 g/mol. The fourth-order valence-corrected chi connectivity index (χ4v) is 3.84. The second-order valence-electron chi connectivity index (χ2n) is 8.14. The zero-order chi connectivity index (χ0) is 14.3. The molecule has 0 aromatic rings. The van der Waals surface area contributed by atoms with Crippen molar-refractivity contribution in [3.05, 3.63) is 0 Å². The molecule has 1 saturated carbocycles. The van der Waals surface area contributed by atoms with Gasteiger partial charge in [0.25, 0.3) is 0 Å². The van der Waals surface area contributed by atoms with Crippen molar-refractivity contribution < 1.29 is 0 Å². The van der Waals surface area contributed by atoms with Gasteiger partial charge in [-0.15, -0.1) is 0 Å². The minimum atomic E-state index is 0.298. The standard InChI is InChI=1S/C16H33N3/c1-15(2)8-6-7-13(14(15)17)11-19-10-9-18(5)16(3,4)12-19/h13-14H,6-12,17H2,1-5H3. The van der Waals surface area contributed by atoms with Crippen LogP contribution in [0.2, 0.25) is 0 Å². The lowest BCUT2D eigenvalue weighted by Gasteiger charge is -2.48. The Balaban J connectivity index is 1.94. The molecule has 0 aromatic heterocycles. The van der Waals surface area contributed by atoms with Crippen molar-refractivity contribution in [2.75, 3.05) is 33.2 Å². The van der Waals surface area contributed by atoms with Crippen LogP contribution >= 0.6 is 0 Å². The van der Waals surface area contributed by atoms with Gasteiger partial charge in [-0.2, -0.15) is 0 Å². The summed E-state index contributed by atoms with van der Waals surface area (Å²) >= 11 is 0. The van der Waals surface area contributed by atoms with Gasteiger partial charge in [0.15, 0.2) is 0 Å². The molecule has 3 nitrogen and oxygen atoms in total. The first-order valence-corrected chi connectivity index (χ1v) is 7.91. The van der Waals surface area contributed by atoms with Crippen molar-refractivity contribution in [1.29, 1.82) is 0 Å². The smallest absolute Gasteiger partial charge is 0.0277 e. The number of hydrogen-bond acceptors (Lipinski definition) is 3. The molecule has 1 aliphatic heterocycles. The lowest BCUT2D eigenvalue weighted by Crippen LogP contribution is -2.59. The Hall–Kier alpha value is -0.120. The molecule has 2 atom stereocenters. The molecule has 2 unspecified atom stereocenters. The fraction of sp³-hybridized carbons (Fsp3) is 1.00. The monoisotopic (exact) mass is 267 g/mol. The maximum Gasteiger partial charge on any atom is 0.0277 e. The van der Waals surface area contributed by atoms with E-state index in [2.05, 4.69) is 44.5 Å². The number of rotatable bonds is 2. The highest BCUT2D eigenvalue weighted by molar-refractivity contribution is 4.95. The van der Waals surface area contributed by atoms with E-state index >= 15 is 0 Å². The molecule has 2 N–H and O–H groups in total. The summed E-state index contributed by atoms with van der Waals surface area (Å²) < 4.78 is 0. The predicted octanol–water partition coefficient (Wildman–Crippen LogP) is 2.17. The molecule has 19 heavy (non-hydrogen) atoms. The summed E-state index contributed by atoms with van der Waals surface area (Å²) in [5.74, 6) is 0.683. The molecule has 0 bridgehead atoms. The van der Waals surface area contributed by atoms with Crippen molar-refractivity contribution in [3.63, 3.8) is 0 Å². The molecule has 0 spiro atoms. The van der Waals surface area contributed by atoms with Gasteiger partial charge >= 0.3 is 0 Å². The van der Waals surface area contributed by atoms with E-state index in [0.29, 0.717) is 22.9 Å². The molecule has 0 aromatic carbocycles. The van der Waals surface area contributed by atoms with Crippen LogP contribution in [0.15, 0.2) is 0 Å². The lowest BCUT2D eigenvalue weighted by atomic mass is 9.68. The Bertz CT molecular complexity index is 311. The molecule has 0 radical (unpaired) electrons. The first kappa shape index (κ1) is 15.3. The van der Waals surface area contributed by atoms with E-state index in [1.54, 1.807) is 0 Å². The minimum absolute atomic E-state index is 0.298. The summed E-state index contributed by atoms with van der Waals surface area (Å²) in [6.45, 7) is 14.1.